The molecule has 17 heavy (non-hydrogen) atoms. The first-order chi connectivity index (χ1) is 8.15. The second-order valence-electron chi connectivity index (χ2n) is 3.28. The van der Waals surface area contributed by atoms with E-state index in [1.807, 2.05) is 0 Å². The van der Waals surface area contributed by atoms with E-state index in [9.17, 15) is 4.79 Å². The van der Waals surface area contributed by atoms with E-state index in [0.29, 0.717) is 33.0 Å². The Labute approximate surface area is 113 Å². The number of carbonyl (C=O) groups is 1. The molecule has 5 heteroatoms. The van der Waals surface area contributed by atoms with Gasteiger partial charge in [-0.1, -0.05) is 40.9 Å². The van der Waals surface area contributed by atoms with Crippen molar-refractivity contribution in [1.29, 1.82) is 0 Å². The first kappa shape index (κ1) is 12.4. The summed E-state index contributed by atoms with van der Waals surface area (Å²) in [5.41, 5.74) is 1.39. The van der Waals surface area contributed by atoms with Crippen LogP contribution in [0.5, 0.6) is 0 Å². The number of pyridine rings is 1. The third-order valence-corrected chi connectivity index (χ3v) is 3.19. The van der Waals surface area contributed by atoms with E-state index in [-0.39, 0.29) is 5.15 Å². The molecule has 0 radical (unpaired) electrons. The fourth-order valence-corrected chi connectivity index (χ4v) is 2.38. The minimum atomic E-state index is 0.199. The van der Waals surface area contributed by atoms with E-state index in [0.717, 1.165) is 0 Å². The van der Waals surface area contributed by atoms with Crippen molar-refractivity contribution < 1.29 is 4.79 Å². The first-order valence-electron chi connectivity index (χ1n) is 4.69. The number of carbonyl (C=O) groups excluding carboxylic acids is 1. The van der Waals surface area contributed by atoms with Gasteiger partial charge in [0.05, 0.1) is 10.0 Å². The van der Waals surface area contributed by atoms with Gasteiger partial charge in [0.25, 0.3) is 0 Å². The van der Waals surface area contributed by atoms with Crippen LogP contribution in [-0.4, -0.2) is 11.3 Å². The van der Waals surface area contributed by atoms with Crippen LogP contribution in [0.4, 0.5) is 0 Å². The van der Waals surface area contributed by atoms with E-state index < -0.39 is 0 Å². The van der Waals surface area contributed by atoms with Gasteiger partial charge in [0, 0.05) is 22.9 Å². The van der Waals surface area contributed by atoms with E-state index in [4.69, 9.17) is 34.8 Å². The molecule has 0 unspecified atom stereocenters. The van der Waals surface area contributed by atoms with Gasteiger partial charge in [-0.3, -0.25) is 4.79 Å². The smallest absolute Gasteiger partial charge is 0.150 e. The van der Waals surface area contributed by atoms with Crippen LogP contribution in [0.3, 0.4) is 0 Å². The molecule has 1 aromatic carbocycles. The maximum Gasteiger partial charge on any atom is 0.150 e. The summed E-state index contributed by atoms with van der Waals surface area (Å²) < 4.78 is 0. The molecule has 0 saturated heterocycles. The van der Waals surface area contributed by atoms with Crippen molar-refractivity contribution in [3.8, 4) is 11.1 Å². The monoisotopic (exact) mass is 285 g/mol. The number of benzene rings is 1. The molecule has 0 atom stereocenters. The Morgan fingerprint density at radius 3 is 2.24 bits per heavy atom. The average molecular weight is 287 g/mol. The van der Waals surface area contributed by atoms with Gasteiger partial charge in [-0.2, -0.15) is 0 Å². The molecular formula is C12H6Cl3NO. The fraction of sp³-hybridized carbons (Fsp3) is 0. The number of aromatic nitrogens is 1. The molecule has 0 fully saturated rings. The number of nitrogens with zero attached hydrogens (tertiary/aromatic N) is 1. The van der Waals surface area contributed by atoms with Crippen LogP contribution in [0.25, 0.3) is 11.1 Å². The number of halogens is 3. The summed E-state index contributed by atoms with van der Waals surface area (Å²) in [7, 11) is 0. The summed E-state index contributed by atoms with van der Waals surface area (Å²) in [5.74, 6) is 0. The van der Waals surface area contributed by atoms with Crippen LogP contribution in [0.1, 0.15) is 10.4 Å². The molecule has 2 rings (SSSR count). The van der Waals surface area contributed by atoms with Crippen molar-refractivity contribution in [2.75, 3.05) is 0 Å². The molecule has 0 N–H and O–H groups in total. The zero-order chi connectivity index (χ0) is 12.4. The van der Waals surface area contributed by atoms with Gasteiger partial charge in [-0.05, 0) is 18.2 Å². The molecule has 1 heterocycles. The van der Waals surface area contributed by atoms with E-state index in [2.05, 4.69) is 4.98 Å². The van der Waals surface area contributed by atoms with Crippen molar-refractivity contribution in [3.63, 3.8) is 0 Å². The van der Waals surface area contributed by atoms with Gasteiger partial charge >= 0.3 is 0 Å². The molecule has 0 amide bonds. The van der Waals surface area contributed by atoms with Gasteiger partial charge < -0.3 is 0 Å². The zero-order valence-corrected chi connectivity index (χ0v) is 10.7. The molecule has 86 valence electrons. The quantitative estimate of drug-likeness (QED) is 0.600. The Balaban J connectivity index is 2.81. The van der Waals surface area contributed by atoms with Gasteiger partial charge in [0.2, 0.25) is 0 Å². The summed E-state index contributed by atoms with van der Waals surface area (Å²) in [6.07, 6.45) is 2.16. The van der Waals surface area contributed by atoms with Crippen molar-refractivity contribution >= 4 is 41.1 Å². The predicted octanol–water partition coefficient (Wildman–Crippen LogP) is 4.52. The maximum absolute atomic E-state index is 11.0. The Hall–Kier alpha value is -1.09. The van der Waals surface area contributed by atoms with E-state index in [1.54, 1.807) is 24.3 Å². The van der Waals surface area contributed by atoms with E-state index in [1.165, 1.54) is 6.20 Å². The predicted molar refractivity (Wildman–Crippen MR) is 70.1 cm³/mol. The number of aldehydes is 1. The van der Waals surface area contributed by atoms with E-state index >= 15 is 0 Å². The van der Waals surface area contributed by atoms with Gasteiger partial charge in [-0.15, -0.1) is 0 Å². The Kier molecular flexibility index (Phi) is 3.67. The molecule has 0 bridgehead atoms. The molecule has 0 aliphatic rings. The van der Waals surface area contributed by atoms with Crippen LogP contribution in [0.2, 0.25) is 15.2 Å². The topological polar surface area (TPSA) is 30.0 Å². The summed E-state index contributed by atoms with van der Waals surface area (Å²) >= 11 is 18.2. The molecule has 2 aromatic rings. The number of hydrogen-bond acceptors (Lipinski definition) is 2. The third-order valence-electron chi connectivity index (χ3n) is 2.28. The van der Waals surface area contributed by atoms with Crippen molar-refractivity contribution in [2.45, 2.75) is 0 Å². The molecule has 0 aliphatic carbocycles. The summed E-state index contributed by atoms with van der Waals surface area (Å²) in [4.78, 5) is 14.9. The molecule has 0 spiro atoms. The summed E-state index contributed by atoms with van der Waals surface area (Å²) in [6.45, 7) is 0. The highest BCUT2D eigenvalue weighted by Crippen LogP contribution is 2.39. The van der Waals surface area contributed by atoms with Gasteiger partial charge in [0.1, 0.15) is 5.15 Å². The lowest BCUT2D eigenvalue weighted by Crippen LogP contribution is -1.92. The molecule has 1 aromatic heterocycles. The fourth-order valence-electron chi connectivity index (χ4n) is 1.53. The van der Waals surface area contributed by atoms with Crippen LogP contribution in [0.15, 0.2) is 30.5 Å². The van der Waals surface area contributed by atoms with Crippen LogP contribution in [0, 0.1) is 0 Å². The second kappa shape index (κ2) is 5.05. The molecule has 0 aliphatic heterocycles. The third kappa shape index (κ3) is 2.29. The first-order valence-corrected chi connectivity index (χ1v) is 5.82. The molecular weight excluding hydrogens is 280 g/mol. The highest BCUT2D eigenvalue weighted by Gasteiger charge is 2.16. The summed E-state index contributed by atoms with van der Waals surface area (Å²) in [5, 5.41) is 1.05. The molecule has 2 nitrogen and oxygen atoms in total. The SMILES string of the molecule is O=Cc1ccnc(Cl)c1-c1c(Cl)cccc1Cl. The number of rotatable bonds is 2. The Morgan fingerprint density at radius 2 is 1.65 bits per heavy atom. The average Bonchev–Trinajstić information content (AvgIpc) is 2.30. The lowest BCUT2D eigenvalue weighted by molar-refractivity contribution is 0.112. The largest absolute Gasteiger partial charge is 0.298 e. The minimum absolute atomic E-state index is 0.199. The van der Waals surface area contributed by atoms with Crippen LogP contribution >= 0.6 is 34.8 Å². The molecule has 0 saturated carbocycles. The van der Waals surface area contributed by atoms with Crippen LogP contribution < -0.4 is 0 Å². The van der Waals surface area contributed by atoms with Crippen LogP contribution in [-0.2, 0) is 0 Å². The highest BCUT2D eigenvalue weighted by molar-refractivity contribution is 6.41. The van der Waals surface area contributed by atoms with Crippen molar-refractivity contribution in [1.82, 2.24) is 4.98 Å². The minimum Gasteiger partial charge on any atom is -0.298 e. The summed E-state index contributed by atoms with van der Waals surface area (Å²) in [6, 6.07) is 6.65. The normalized spacial score (nSPS) is 10.3. The second-order valence-corrected chi connectivity index (χ2v) is 4.45. The number of hydrogen-bond donors (Lipinski definition) is 0. The van der Waals surface area contributed by atoms with Crippen molar-refractivity contribution in [3.05, 3.63) is 51.2 Å². The lowest BCUT2D eigenvalue weighted by Gasteiger charge is -2.10. The van der Waals surface area contributed by atoms with Gasteiger partial charge in [0.15, 0.2) is 6.29 Å². The van der Waals surface area contributed by atoms with Crippen molar-refractivity contribution in [2.24, 2.45) is 0 Å². The zero-order valence-electron chi connectivity index (χ0n) is 8.45. The lowest BCUT2D eigenvalue weighted by atomic mass is 10.0. The maximum atomic E-state index is 11.0. The Bertz CT molecular complexity index is 564. The Morgan fingerprint density at radius 1 is 1.00 bits per heavy atom. The standard InChI is InChI=1S/C12H6Cl3NO/c13-8-2-1-3-9(14)11(8)10-7(6-17)4-5-16-12(10)15/h1-6H. The van der Waals surface area contributed by atoms with Gasteiger partial charge in [-0.25, -0.2) is 4.98 Å². The highest BCUT2D eigenvalue weighted by atomic mass is 35.5.